The molecule has 2 amide bonds. The molecule has 2 N–H and O–H groups in total. The molecule has 0 spiro atoms. The van der Waals surface area contributed by atoms with Crippen molar-refractivity contribution in [3.63, 3.8) is 0 Å². The zero-order valence-corrected chi connectivity index (χ0v) is 14.3. The van der Waals surface area contributed by atoms with Gasteiger partial charge in [-0.05, 0) is 50.5 Å². The summed E-state index contributed by atoms with van der Waals surface area (Å²) in [4.78, 5) is 26.6. The van der Waals surface area contributed by atoms with Gasteiger partial charge in [0.2, 0.25) is 11.8 Å². The van der Waals surface area contributed by atoms with Crippen molar-refractivity contribution < 1.29 is 14.7 Å². The zero-order valence-electron chi connectivity index (χ0n) is 13.5. The molecule has 0 aromatic heterocycles. The number of benzene rings is 1. The Labute approximate surface area is 141 Å². The van der Waals surface area contributed by atoms with Crippen LogP contribution in [0, 0.1) is 5.92 Å². The Bertz CT molecular complexity index is 576. The van der Waals surface area contributed by atoms with Crippen molar-refractivity contribution in [1.29, 1.82) is 0 Å². The molecule has 0 saturated carbocycles. The van der Waals surface area contributed by atoms with E-state index in [4.69, 9.17) is 16.7 Å². The molecule has 1 aliphatic rings. The van der Waals surface area contributed by atoms with Crippen LogP contribution in [0.1, 0.15) is 33.1 Å². The van der Waals surface area contributed by atoms with Gasteiger partial charge in [0.05, 0.1) is 0 Å². The minimum atomic E-state index is -0.671. The lowest BCUT2D eigenvalue weighted by Crippen LogP contribution is -2.49. The first-order valence-electron chi connectivity index (χ1n) is 7.90. The first kappa shape index (κ1) is 17.8. The van der Waals surface area contributed by atoms with Crippen molar-refractivity contribution in [3.05, 3.63) is 29.3 Å². The van der Waals surface area contributed by atoms with Gasteiger partial charge in [-0.2, -0.15) is 0 Å². The van der Waals surface area contributed by atoms with Gasteiger partial charge in [0.25, 0.3) is 0 Å². The molecule has 2 unspecified atom stereocenters. The summed E-state index contributed by atoms with van der Waals surface area (Å²) in [6.45, 7) is 4.35. The zero-order chi connectivity index (χ0) is 17.0. The number of hydrogen-bond donors (Lipinski definition) is 2. The van der Waals surface area contributed by atoms with Crippen molar-refractivity contribution in [1.82, 2.24) is 5.32 Å². The fourth-order valence-corrected chi connectivity index (χ4v) is 2.89. The van der Waals surface area contributed by atoms with Gasteiger partial charge in [-0.25, -0.2) is 0 Å². The van der Waals surface area contributed by atoms with Crippen LogP contribution in [0.15, 0.2) is 24.3 Å². The molecule has 1 aromatic rings. The molecule has 1 saturated heterocycles. The summed E-state index contributed by atoms with van der Waals surface area (Å²) in [7, 11) is 0. The number of aliphatic hydroxyl groups is 1. The van der Waals surface area contributed by atoms with Crippen LogP contribution in [0.25, 0.3) is 0 Å². The third kappa shape index (κ3) is 4.03. The van der Waals surface area contributed by atoms with E-state index >= 15 is 0 Å². The molecule has 0 bridgehead atoms. The van der Waals surface area contributed by atoms with Crippen molar-refractivity contribution in [2.45, 2.75) is 38.6 Å². The SMILES string of the molecule is CCC(C)(CCO)NC(=O)C1CCN(c2ccc(Cl)cc2)C1=O. The Morgan fingerprint density at radius 3 is 2.65 bits per heavy atom. The van der Waals surface area contributed by atoms with E-state index < -0.39 is 11.5 Å². The average molecular weight is 339 g/mol. The summed E-state index contributed by atoms with van der Waals surface area (Å²) in [6.07, 6.45) is 1.66. The summed E-state index contributed by atoms with van der Waals surface area (Å²) < 4.78 is 0. The molecule has 1 aromatic carbocycles. The second-order valence-electron chi connectivity index (χ2n) is 6.18. The Morgan fingerprint density at radius 1 is 1.43 bits per heavy atom. The van der Waals surface area contributed by atoms with E-state index in [2.05, 4.69) is 5.32 Å². The Balaban J connectivity index is 2.06. The minimum Gasteiger partial charge on any atom is -0.396 e. The van der Waals surface area contributed by atoms with E-state index in [-0.39, 0.29) is 18.4 Å². The fraction of sp³-hybridized carbons (Fsp3) is 0.529. The van der Waals surface area contributed by atoms with Gasteiger partial charge < -0.3 is 15.3 Å². The normalized spacial score (nSPS) is 20.4. The molecule has 23 heavy (non-hydrogen) atoms. The standard InChI is InChI=1S/C17H23ClN2O3/c1-3-17(2,9-11-21)19-15(22)14-8-10-20(16(14)23)13-6-4-12(18)5-7-13/h4-7,14,21H,3,8-11H2,1-2H3,(H,19,22). The van der Waals surface area contributed by atoms with Crippen LogP contribution >= 0.6 is 11.6 Å². The number of aliphatic hydroxyl groups excluding tert-OH is 1. The molecule has 1 heterocycles. The van der Waals surface area contributed by atoms with Crippen LogP contribution < -0.4 is 10.2 Å². The molecule has 2 atom stereocenters. The first-order chi connectivity index (χ1) is 10.9. The molecule has 0 radical (unpaired) electrons. The summed E-state index contributed by atoms with van der Waals surface area (Å²) in [5, 5.41) is 12.7. The lowest BCUT2D eigenvalue weighted by Gasteiger charge is -2.30. The number of carbonyl (C=O) groups is 2. The number of hydrogen-bond acceptors (Lipinski definition) is 3. The van der Waals surface area contributed by atoms with Crippen LogP contribution in [-0.4, -0.2) is 35.6 Å². The largest absolute Gasteiger partial charge is 0.396 e. The second kappa shape index (κ2) is 7.32. The maximum Gasteiger partial charge on any atom is 0.239 e. The highest BCUT2D eigenvalue weighted by molar-refractivity contribution is 6.30. The molecule has 6 heteroatoms. The molecule has 5 nitrogen and oxygen atoms in total. The molecule has 1 aliphatic heterocycles. The predicted molar refractivity (Wildman–Crippen MR) is 90.5 cm³/mol. The van der Waals surface area contributed by atoms with Crippen molar-refractivity contribution in [2.75, 3.05) is 18.1 Å². The van der Waals surface area contributed by atoms with E-state index in [1.54, 1.807) is 29.2 Å². The van der Waals surface area contributed by atoms with Crippen molar-refractivity contribution >= 4 is 29.1 Å². The number of nitrogens with zero attached hydrogens (tertiary/aromatic N) is 1. The van der Waals surface area contributed by atoms with Gasteiger partial charge in [0.15, 0.2) is 0 Å². The van der Waals surface area contributed by atoms with Crippen LogP contribution in [0.5, 0.6) is 0 Å². The van der Waals surface area contributed by atoms with Gasteiger partial charge in [0.1, 0.15) is 5.92 Å². The summed E-state index contributed by atoms with van der Waals surface area (Å²) >= 11 is 5.86. The van der Waals surface area contributed by atoms with Crippen LogP contribution in [0.3, 0.4) is 0 Å². The van der Waals surface area contributed by atoms with Crippen molar-refractivity contribution in [3.8, 4) is 0 Å². The summed E-state index contributed by atoms with van der Waals surface area (Å²) in [6, 6.07) is 7.02. The predicted octanol–water partition coefficient (Wildman–Crippen LogP) is 2.36. The molecule has 2 rings (SSSR count). The number of rotatable bonds is 6. The lowest BCUT2D eigenvalue weighted by atomic mass is 9.93. The van der Waals surface area contributed by atoms with E-state index in [1.165, 1.54) is 0 Å². The fourth-order valence-electron chi connectivity index (χ4n) is 2.76. The van der Waals surface area contributed by atoms with Crippen molar-refractivity contribution in [2.24, 2.45) is 5.92 Å². The molecular weight excluding hydrogens is 316 g/mol. The quantitative estimate of drug-likeness (QED) is 0.782. The number of anilines is 1. The Hall–Kier alpha value is -1.59. The third-order valence-electron chi connectivity index (χ3n) is 4.53. The molecule has 126 valence electrons. The first-order valence-corrected chi connectivity index (χ1v) is 8.28. The van der Waals surface area contributed by atoms with Crippen LogP contribution in [0.2, 0.25) is 5.02 Å². The maximum atomic E-state index is 12.5. The Kier molecular flexibility index (Phi) is 5.65. The van der Waals surface area contributed by atoms with Crippen LogP contribution in [-0.2, 0) is 9.59 Å². The summed E-state index contributed by atoms with van der Waals surface area (Å²) in [5.41, 5.74) is 0.267. The number of carbonyl (C=O) groups excluding carboxylic acids is 2. The number of nitrogens with one attached hydrogen (secondary N) is 1. The number of halogens is 1. The smallest absolute Gasteiger partial charge is 0.239 e. The summed E-state index contributed by atoms with van der Waals surface area (Å²) in [5.74, 6) is -1.12. The van der Waals surface area contributed by atoms with Gasteiger partial charge in [-0.15, -0.1) is 0 Å². The highest BCUT2D eigenvalue weighted by Crippen LogP contribution is 2.27. The molecule has 1 fully saturated rings. The van der Waals surface area contributed by atoms with Crippen LogP contribution in [0.4, 0.5) is 5.69 Å². The van der Waals surface area contributed by atoms with Gasteiger partial charge >= 0.3 is 0 Å². The highest BCUT2D eigenvalue weighted by atomic mass is 35.5. The maximum absolute atomic E-state index is 12.5. The minimum absolute atomic E-state index is 0.000132. The van der Waals surface area contributed by atoms with Gasteiger partial charge in [0, 0.05) is 29.4 Å². The monoisotopic (exact) mass is 338 g/mol. The lowest BCUT2D eigenvalue weighted by molar-refractivity contribution is -0.133. The number of amides is 2. The van der Waals surface area contributed by atoms with E-state index in [0.717, 1.165) is 5.69 Å². The highest BCUT2D eigenvalue weighted by Gasteiger charge is 2.39. The second-order valence-corrected chi connectivity index (χ2v) is 6.62. The average Bonchev–Trinajstić information content (AvgIpc) is 2.90. The Morgan fingerprint density at radius 2 is 2.09 bits per heavy atom. The topological polar surface area (TPSA) is 69.6 Å². The third-order valence-corrected chi connectivity index (χ3v) is 4.78. The van der Waals surface area contributed by atoms with E-state index in [0.29, 0.717) is 30.8 Å². The van der Waals surface area contributed by atoms with E-state index in [9.17, 15) is 9.59 Å². The van der Waals surface area contributed by atoms with E-state index in [1.807, 2.05) is 13.8 Å². The van der Waals surface area contributed by atoms with Gasteiger partial charge in [-0.1, -0.05) is 18.5 Å². The molecule has 0 aliphatic carbocycles. The molecular formula is C17H23ClN2O3. The van der Waals surface area contributed by atoms with Gasteiger partial charge in [-0.3, -0.25) is 9.59 Å².